The van der Waals surface area contributed by atoms with Gasteiger partial charge in [0.1, 0.15) is 11.4 Å². The van der Waals surface area contributed by atoms with Crippen LogP contribution in [0.15, 0.2) is 24.3 Å². The highest BCUT2D eigenvalue weighted by Gasteiger charge is 2.20. The molecule has 6 nitrogen and oxygen atoms in total. The van der Waals surface area contributed by atoms with Crippen molar-refractivity contribution >= 4 is 23.8 Å². The number of methoxy groups -OCH3 is 1. The Hall–Kier alpha value is -1.89. The molecule has 0 radical (unpaired) electrons. The Morgan fingerprint density at radius 3 is 2.41 bits per heavy atom. The summed E-state index contributed by atoms with van der Waals surface area (Å²) >= 11 is 1.69. The molecule has 1 atom stereocenters. The van der Waals surface area contributed by atoms with Crippen LogP contribution in [0.4, 0.5) is 4.79 Å². The number of alkyl carbamates (subject to hydrolysis) is 1. The van der Waals surface area contributed by atoms with Crippen LogP contribution in [0, 0.1) is 0 Å². The number of amides is 1. The van der Waals surface area contributed by atoms with Gasteiger partial charge >= 0.3 is 12.1 Å². The molecule has 0 aliphatic carbocycles. The van der Waals surface area contributed by atoms with Crippen molar-refractivity contribution in [2.24, 2.45) is 0 Å². The van der Waals surface area contributed by atoms with Gasteiger partial charge in [0.25, 0.3) is 0 Å². The molecule has 0 heterocycles. The summed E-state index contributed by atoms with van der Waals surface area (Å²) in [5, 5.41) is 2.87. The van der Waals surface area contributed by atoms with Crippen LogP contribution in [-0.2, 0) is 20.0 Å². The van der Waals surface area contributed by atoms with Crippen LogP contribution >= 0.6 is 11.8 Å². The summed E-state index contributed by atoms with van der Waals surface area (Å²) in [6.07, 6.45) is 0.298. The van der Waals surface area contributed by atoms with E-state index in [1.165, 1.54) is 5.56 Å². The van der Waals surface area contributed by atoms with E-state index >= 15 is 0 Å². The van der Waals surface area contributed by atoms with E-state index in [9.17, 15) is 9.59 Å². The molecule has 0 aromatic heterocycles. The van der Waals surface area contributed by atoms with E-state index in [4.69, 9.17) is 14.2 Å². The second-order valence-electron chi connectivity index (χ2n) is 7.05. The summed E-state index contributed by atoms with van der Waals surface area (Å²) < 4.78 is 15.5. The predicted octanol–water partition coefficient (Wildman–Crippen LogP) is 4.17. The first-order chi connectivity index (χ1) is 12.7. The first kappa shape index (κ1) is 23.1. The van der Waals surface area contributed by atoms with Crippen LogP contribution in [0.1, 0.15) is 46.1 Å². The molecular formula is C20H31NO5S. The fourth-order valence-electron chi connectivity index (χ4n) is 2.24. The maximum Gasteiger partial charge on any atom is 0.407 e. The van der Waals surface area contributed by atoms with E-state index in [-0.39, 0.29) is 18.4 Å². The summed E-state index contributed by atoms with van der Waals surface area (Å²) in [5.41, 5.74) is 0.605. The van der Waals surface area contributed by atoms with Gasteiger partial charge in [-0.15, -0.1) is 0 Å². The van der Waals surface area contributed by atoms with Gasteiger partial charge in [-0.2, -0.15) is 11.8 Å². The van der Waals surface area contributed by atoms with E-state index in [1.54, 1.807) is 25.8 Å². The second-order valence-corrected chi connectivity index (χ2v) is 8.08. The lowest BCUT2D eigenvalue weighted by Gasteiger charge is -2.23. The number of hydrogen-bond donors (Lipinski definition) is 1. The van der Waals surface area contributed by atoms with Crippen LogP contribution in [0.3, 0.4) is 0 Å². The molecule has 0 saturated carbocycles. The zero-order valence-corrected chi connectivity index (χ0v) is 17.7. The molecule has 0 saturated heterocycles. The smallest absolute Gasteiger partial charge is 0.407 e. The van der Waals surface area contributed by atoms with Crippen molar-refractivity contribution < 1.29 is 23.8 Å². The number of rotatable bonds is 10. The molecule has 1 aromatic rings. The number of benzene rings is 1. The van der Waals surface area contributed by atoms with Crippen LogP contribution in [-0.4, -0.2) is 43.2 Å². The molecule has 7 heteroatoms. The van der Waals surface area contributed by atoms with Crippen molar-refractivity contribution in [2.75, 3.05) is 19.5 Å². The largest absolute Gasteiger partial charge is 0.497 e. The van der Waals surface area contributed by atoms with Crippen molar-refractivity contribution in [2.45, 2.75) is 57.9 Å². The number of nitrogens with one attached hydrogen (secondary N) is 1. The van der Waals surface area contributed by atoms with Gasteiger partial charge in [0.05, 0.1) is 13.7 Å². The number of carbonyl (C=O) groups is 2. The summed E-state index contributed by atoms with van der Waals surface area (Å²) in [4.78, 5) is 23.7. The van der Waals surface area contributed by atoms with E-state index < -0.39 is 11.7 Å². The minimum atomic E-state index is -0.563. The SMILES string of the molecule is CCOC(=O)CC[C@H](CSCc1ccc(OC)cc1)NC(=O)OC(C)(C)C. The Labute approximate surface area is 166 Å². The summed E-state index contributed by atoms with van der Waals surface area (Å²) in [5.74, 6) is 2.04. The van der Waals surface area contributed by atoms with E-state index in [2.05, 4.69) is 5.32 Å². The number of ether oxygens (including phenoxy) is 3. The number of esters is 1. The Morgan fingerprint density at radius 2 is 1.85 bits per heavy atom. The van der Waals surface area contributed by atoms with Gasteiger partial charge in [0.2, 0.25) is 0 Å². The van der Waals surface area contributed by atoms with Crippen molar-refractivity contribution in [1.29, 1.82) is 0 Å². The molecule has 0 spiro atoms. The van der Waals surface area contributed by atoms with Crippen molar-refractivity contribution in [3.05, 3.63) is 29.8 Å². The van der Waals surface area contributed by atoms with Gasteiger partial charge in [-0.1, -0.05) is 12.1 Å². The van der Waals surface area contributed by atoms with E-state index in [1.807, 2.05) is 45.0 Å². The molecule has 0 unspecified atom stereocenters. The predicted molar refractivity (Wildman–Crippen MR) is 108 cm³/mol. The highest BCUT2D eigenvalue weighted by Crippen LogP contribution is 2.18. The van der Waals surface area contributed by atoms with Gasteiger partial charge < -0.3 is 19.5 Å². The van der Waals surface area contributed by atoms with Crippen molar-refractivity contribution in [3.63, 3.8) is 0 Å². The van der Waals surface area contributed by atoms with E-state index in [0.717, 1.165) is 11.5 Å². The van der Waals surface area contributed by atoms with Gasteiger partial charge in [0, 0.05) is 24.0 Å². The highest BCUT2D eigenvalue weighted by molar-refractivity contribution is 7.98. The third-order valence-electron chi connectivity index (χ3n) is 3.47. The Balaban J connectivity index is 2.54. The third kappa shape index (κ3) is 10.8. The lowest BCUT2D eigenvalue weighted by Crippen LogP contribution is -2.40. The van der Waals surface area contributed by atoms with Gasteiger partial charge in [0.15, 0.2) is 0 Å². The molecule has 0 aliphatic heterocycles. The quantitative estimate of drug-likeness (QED) is 0.598. The second kappa shape index (κ2) is 11.7. The number of carbonyl (C=O) groups excluding carboxylic acids is 2. The maximum absolute atomic E-state index is 12.1. The van der Waals surface area contributed by atoms with Gasteiger partial charge in [-0.3, -0.25) is 4.79 Å². The lowest BCUT2D eigenvalue weighted by atomic mass is 10.2. The minimum Gasteiger partial charge on any atom is -0.497 e. The Kier molecular flexibility index (Phi) is 10.1. The molecule has 1 rings (SSSR count). The summed E-state index contributed by atoms with van der Waals surface area (Å²) in [6.45, 7) is 7.59. The van der Waals surface area contributed by atoms with Crippen molar-refractivity contribution in [3.8, 4) is 5.75 Å². The highest BCUT2D eigenvalue weighted by atomic mass is 32.2. The van der Waals surface area contributed by atoms with E-state index in [0.29, 0.717) is 18.8 Å². The monoisotopic (exact) mass is 397 g/mol. The van der Waals surface area contributed by atoms with Gasteiger partial charge in [-0.25, -0.2) is 4.79 Å². The standard InChI is InChI=1S/C20H31NO5S/c1-6-25-18(22)12-9-16(21-19(23)26-20(2,3)4)14-27-13-15-7-10-17(24-5)11-8-15/h7-8,10-11,16H,6,9,12-14H2,1-5H3,(H,21,23)/t16-/m1/s1. The van der Waals surface area contributed by atoms with Crippen molar-refractivity contribution in [1.82, 2.24) is 5.32 Å². The summed E-state index contributed by atoms with van der Waals surface area (Å²) in [6, 6.07) is 7.70. The average molecular weight is 398 g/mol. The molecule has 0 aliphatic rings. The average Bonchev–Trinajstić information content (AvgIpc) is 2.58. The molecule has 1 N–H and O–H groups in total. The fraction of sp³-hybridized carbons (Fsp3) is 0.600. The molecule has 0 bridgehead atoms. The molecule has 0 fully saturated rings. The lowest BCUT2D eigenvalue weighted by molar-refractivity contribution is -0.143. The van der Waals surface area contributed by atoms with Gasteiger partial charge in [-0.05, 0) is 51.8 Å². The molecule has 27 heavy (non-hydrogen) atoms. The molecule has 1 aromatic carbocycles. The number of thioether (sulfide) groups is 1. The van der Waals surface area contributed by atoms with Crippen LogP contribution in [0.5, 0.6) is 5.75 Å². The molecule has 1 amide bonds. The Bertz CT molecular complexity index is 583. The van der Waals surface area contributed by atoms with Crippen LogP contribution in [0.25, 0.3) is 0 Å². The number of hydrogen-bond acceptors (Lipinski definition) is 6. The maximum atomic E-state index is 12.1. The zero-order chi connectivity index (χ0) is 20.3. The van der Waals surface area contributed by atoms with Crippen LogP contribution < -0.4 is 10.1 Å². The first-order valence-electron chi connectivity index (χ1n) is 9.09. The zero-order valence-electron chi connectivity index (χ0n) is 16.9. The minimum absolute atomic E-state index is 0.174. The Morgan fingerprint density at radius 1 is 1.19 bits per heavy atom. The first-order valence-corrected chi connectivity index (χ1v) is 10.2. The summed E-state index contributed by atoms with van der Waals surface area (Å²) in [7, 11) is 1.64. The molecular weight excluding hydrogens is 366 g/mol. The topological polar surface area (TPSA) is 73.9 Å². The fourth-order valence-corrected chi connectivity index (χ4v) is 3.32. The molecule has 152 valence electrons. The third-order valence-corrected chi connectivity index (χ3v) is 4.65. The van der Waals surface area contributed by atoms with Crippen LogP contribution in [0.2, 0.25) is 0 Å². The normalized spacial score (nSPS) is 12.2.